The van der Waals surface area contributed by atoms with Crippen molar-refractivity contribution in [3.8, 4) is 0 Å². The summed E-state index contributed by atoms with van der Waals surface area (Å²) in [6.07, 6.45) is 2.06. The summed E-state index contributed by atoms with van der Waals surface area (Å²) in [5.41, 5.74) is 9.70. The summed E-state index contributed by atoms with van der Waals surface area (Å²) >= 11 is 1.72. The molecule has 0 heterocycles. The summed E-state index contributed by atoms with van der Waals surface area (Å²) in [5.74, 6) is 0.130. The number of rotatable bonds is 5. The summed E-state index contributed by atoms with van der Waals surface area (Å²) in [4.78, 5) is 1.24. The molecule has 4 nitrogen and oxygen atoms in total. The SMILES string of the molecule is CSc1cccc(NCc2ccc(/C(N)=N/O)cc2C)c1. The van der Waals surface area contributed by atoms with E-state index in [2.05, 4.69) is 34.9 Å². The predicted molar refractivity (Wildman–Crippen MR) is 89.2 cm³/mol. The van der Waals surface area contributed by atoms with Gasteiger partial charge in [0, 0.05) is 22.7 Å². The molecule has 0 saturated heterocycles. The molecule has 0 amide bonds. The molecule has 4 N–H and O–H groups in total. The lowest BCUT2D eigenvalue weighted by atomic mass is 10.0. The van der Waals surface area contributed by atoms with Gasteiger partial charge in [-0.3, -0.25) is 0 Å². The number of anilines is 1. The van der Waals surface area contributed by atoms with E-state index in [1.165, 1.54) is 10.5 Å². The third-order valence-corrected chi connectivity index (χ3v) is 4.02. The molecular formula is C16H19N3OS. The smallest absolute Gasteiger partial charge is 0.170 e. The normalized spacial score (nSPS) is 11.4. The molecule has 0 unspecified atom stereocenters. The van der Waals surface area contributed by atoms with Gasteiger partial charge >= 0.3 is 0 Å². The van der Waals surface area contributed by atoms with Crippen LogP contribution in [0.25, 0.3) is 0 Å². The molecule has 0 aromatic heterocycles. The lowest BCUT2D eigenvalue weighted by Crippen LogP contribution is -2.13. The van der Waals surface area contributed by atoms with Gasteiger partial charge in [0.05, 0.1) is 0 Å². The third-order valence-electron chi connectivity index (χ3n) is 3.30. The summed E-state index contributed by atoms with van der Waals surface area (Å²) in [6, 6.07) is 14.1. The molecule has 2 rings (SSSR count). The molecule has 0 aliphatic rings. The summed E-state index contributed by atoms with van der Waals surface area (Å²) in [7, 11) is 0. The second kappa shape index (κ2) is 7.04. The van der Waals surface area contributed by atoms with Crippen LogP contribution in [0, 0.1) is 6.92 Å². The molecule has 0 bridgehead atoms. The first-order valence-corrected chi connectivity index (χ1v) is 7.82. The minimum absolute atomic E-state index is 0.130. The van der Waals surface area contributed by atoms with Gasteiger partial charge in [-0.15, -0.1) is 11.8 Å². The highest BCUT2D eigenvalue weighted by molar-refractivity contribution is 7.98. The first-order valence-electron chi connectivity index (χ1n) is 6.59. The van der Waals surface area contributed by atoms with E-state index in [0.29, 0.717) is 0 Å². The summed E-state index contributed by atoms with van der Waals surface area (Å²) in [5, 5.41) is 15.1. The first-order chi connectivity index (χ1) is 10.1. The Labute approximate surface area is 129 Å². The Morgan fingerprint density at radius 2 is 2.10 bits per heavy atom. The minimum Gasteiger partial charge on any atom is -0.409 e. The van der Waals surface area contributed by atoms with Crippen molar-refractivity contribution in [3.05, 3.63) is 59.2 Å². The van der Waals surface area contributed by atoms with E-state index in [4.69, 9.17) is 10.9 Å². The van der Waals surface area contributed by atoms with Gasteiger partial charge in [0.1, 0.15) is 0 Å². The average Bonchev–Trinajstić information content (AvgIpc) is 2.53. The third kappa shape index (κ3) is 3.92. The number of oxime groups is 1. The topological polar surface area (TPSA) is 70.6 Å². The number of nitrogens with two attached hydrogens (primary N) is 1. The van der Waals surface area contributed by atoms with Gasteiger partial charge in [0.15, 0.2) is 5.84 Å². The molecule has 0 radical (unpaired) electrons. The number of amidine groups is 1. The van der Waals surface area contributed by atoms with Crippen molar-refractivity contribution >= 4 is 23.3 Å². The molecule has 0 atom stereocenters. The van der Waals surface area contributed by atoms with Crippen LogP contribution in [-0.4, -0.2) is 17.3 Å². The van der Waals surface area contributed by atoms with E-state index in [0.717, 1.165) is 23.4 Å². The van der Waals surface area contributed by atoms with Gasteiger partial charge in [-0.25, -0.2) is 0 Å². The maximum atomic E-state index is 8.70. The van der Waals surface area contributed by atoms with Crippen LogP contribution in [-0.2, 0) is 6.54 Å². The van der Waals surface area contributed by atoms with Crippen molar-refractivity contribution in [2.75, 3.05) is 11.6 Å². The number of aryl methyl sites for hydroxylation is 1. The maximum Gasteiger partial charge on any atom is 0.170 e. The van der Waals surface area contributed by atoms with E-state index >= 15 is 0 Å². The van der Waals surface area contributed by atoms with Crippen LogP contribution in [0.1, 0.15) is 16.7 Å². The largest absolute Gasteiger partial charge is 0.409 e. The zero-order valence-electron chi connectivity index (χ0n) is 12.1. The quantitative estimate of drug-likeness (QED) is 0.260. The summed E-state index contributed by atoms with van der Waals surface area (Å²) < 4.78 is 0. The zero-order chi connectivity index (χ0) is 15.2. The Bertz CT molecular complexity index is 656. The van der Waals surface area contributed by atoms with Crippen LogP contribution in [0.4, 0.5) is 5.69 Å². The highest BCUT2D eigenvalue weighted by Crippen LogP contribution is 2.20. The van der Waals surface area contributed by atoms with Crippen LogP contribution in [0.3, 0.4) is 0 Å². The van der Waals surface area contributed by atoms with Crippen molar-refractivity contribution in [1.29, 1.82) is 0 Å². The van der Waals surface area contributed by atoms with Crippen molar-refractivity contribution in [2.45, 2.75) is 18.4 Å². The van der Waals surface area contributed by atoms with Gasteiger partial charge in [0.2, 0.25) is 0 Å². The van der Waals surface area contributed by atoms with Crippen LogP contribution in [0.5, 0.6) is 0 Å². The van der Waals surface area contributed by atoms with Crippen LogP contribution in [0.2, 0.25) is 0 Å². The fourth-order valence-corrected chi connectivity index (χ4v) is 2.50. The molecule has 2 aromatic rings. The Kier molecular flexibility index (Phi) is 5.11. The lowest BCUT2D eigenvalue weighted by molar-refractivity contribution is 0.318. The number of thioether (sulfide) groups is 1. The Morgan fingerprint density at radius 3 is 2.76 bits per heavy atom. The van der Waals surface area contributed by atoms with Gasteiger partial charge in [-0.2, -0.15) is 0 Å². The highest BCUT2D eigenvalue weighted by Gasteiger charge is 2.04. The maximum absolute atomic E-state index is 8.70. The van der Waals surface area contributed by atoms with E-state index in [-0.39, 0.29) is 5.84 Å². The molecule has 110 valence electrons. The van der Waals surface area contributed by atoms with Gasteiger partial charge in [-0.05, 0) is 48.6 Å². The van der Waals surface area contributed by atoms with Crippen LogP contribution < -0.4 is 11.1 Å². The van der Waals surface area contributed by atoms with E-state index < -0.39 is 0 Å². The Hall–Kier alpha value is -2.14. The number of benzene rings is 2. The van der Waals surface area contributed by atoms with Crippen molar-refractivity contribution in [1.82, 2.24) is 0 Å². The lowest BCUT2D eigenvalue weighted by Gasteiger charge is -2.11. The van der Waals surface area contributed by atoms with Gasteiger partial charge < -0.3 is 16.3 Å². The fourth-order valence-electron chi connectivity index (χ4n) is 2.04. The second-order valence-corrected chi connectivity index (χ2v) is 5.59. The molecule has 0 aliphatic heterocycles. The monoisotopic (exact) mass is 301 g/mol. The second-order valence-electron chi connectivity index (χ2n) is 4.71. The van der Waals surface area contributed by atoms with Crippen molar-refractivity contribution in [3.63, 3.8) is 0 Å². The molecule has 21 heavy (non-hydrogen) atoms. The van der Waals surface area contributed by atoms with Crippen LogP contribution in [0.15, 0.2) is 52.5 Å². The fraction of sp³-hybridized carbons (Fsp3) is 0.188. The molecule has 0 fully saturated rings. The molecular weight excluding hydrogens is 282 g/mol. The predicted octanol–water partition coefficient (Wildman–Crippen LogP) is 3.42. The van der Waals surface area contributed by atoms with Gasteiger partial charge in [0.25, 0.3) is 0 Å². The van der Waals surface area contributed by atoms with E-state index in [9.17, 15) is 0 Å². The van der Waals surface area contributed by atoms with Gasteiger partial charge in [-0.1, -0.05) is 23.4 Å². The minimum atomic E-state index is 0.130. The molecule has 0 spiro atoms. The Morgan fingerprint density at radius 1 is 1.29 bits per heavy atom. The van der Waals surface area contributed by atoms with E-state index in [1.54, 1.807) is 11.8 Å². The Balaban J connectivity index is 2.09. The summed E-state index contributed by atoms with van der Waals surface area (Å²) in [6.45, 7) is 2.75. The van der Waals surface area contributed by atoms with Crippen LogP contribution >= 0.6 is 11.8 Å². The number of nitrogens with zero attached hydrogens (tertiary/aromatic N) is 1. The highest BCUT2D eigenvalue weighted by atomic mass is 32.2. The van der Waals surface area contributed by atoms with E-state index in [1.807, 2.05) is 31.2 Å². The standard InChI is InChI=1S/C16H19N3OS/c1-11-8-12(16(17)19-20)6-7-13(11)10-18-14-4-3-5-15(9-14)21-2/h3-9,18,20H,10H2,1-2H3,(H2,17,19). The molecule has 0 aliphatic carbocycles. The number of hydrogen-bond acceptors (Lipinski definition) is 4. The number of hydrogen-bond donors (Lipinski definition) is 3. The molecule has 0 saturated carbocycles. The molecule has 5 heteroatoms. The van der Waals surface area contributed by atoms with Crippen molar-refractivity contribution < 1.29 is 5.21 Å². The van der Waals surface area contributed by atoms with Crippen molar-refractivity contribution in [2.24, 2.45) is 10.9 Å². The molecule has 2 aromatic carbocycles. The number of nitrogens with one attached hydrogen (secondary N) is 1. The average molecular weight is 301 g/mol. The zero-order valence-corrected chi connectivity index (χ0v) is 12.9. The first kappa shape index (κ1) is 15.3.